The highest BCUT2D eigenvalue weighted by Crippen LogP contribution is 2.22. The topological polar surface area (TPSA) is 19.0 Å². The van der Waals surface area contributed by atoms with Crippen LogP contribution in [0.4, 0.5) is 0 Å². The Hall–Kier alpha value is -1.80. The van der Waals surface area contributed by atoms with Crippen molar-refractivity contribution in [2.75, 3.05) is 20.6 Å². The summed E-state index contributed by atoms with van der Waals surface area (Å²) in [5.41, 5.74) is 6.53. The lowest BCUT2D eigenvalue weighted by Crippen LogP contribution is -2.14. The Balaban J connectivity index is 0.000000493. The van der Waals surface area contributed by atoms with Gasteiger partial charge in [0, 0.05) is 23.6 Å². The predicted molar refractivity (Wildman–Crippen MR) is 116 cm³/mol. The first-order chi connectivity index (χ1) is 11.8. The van der Waals surface area contributed by atoms with E-state index in [-0.39, 0.29) is 0 Å². The molecule has 0 radical (unpaired) electrons. The first kappa shape index (κ1) is 23.2. The van der Waals surface area contributed by atoms with Crippen molar-refractivity contribution in [3.05, 3.63) is 59.8 Å². The second-order valence-electron chi connectivity index (χ2n) is 6.78. The monoisotopic (exact) mass is 342 g/mol. The molecule has 2 aromatic rings. The Labute approximate surface area is 155 Å². The van der Waals surface area contributed by atoms with Gasteiger partial charge in [-0.15, -0.1) is 13.2 Å². The lowest BCUT2D eigenvalue weighted by atomic mass is 10.1. The normalized spacial score (nSPS) is 9.92. The van der Waals surface area contributed by atoms with Crippen molar-refractivity contribution >= 4 is 10.9 Å². The molecule has 2 rings (SSSR count). The van der Waals surface area contributed by atoms with Crippen LogP contribution >= 0.6 is 0 Å². The van der Waals surface area contributed by atoms with E-state index in [0.717, 1.165) is 25.8 Å². The molecule has 0 atom stereocenters. The Bertz CT molecular complexity index is 633. The highest BCUT2D eigenvalue weighted by atomic mass is 15.0. The molecule has 0 aliphatic rings. The molecule has 0 spiro atoms. The summed E-state index contributed by atoms with van der Waals surface area (Å²) < 4.78 is 0. The lowest BCUT2D eigenvalue weighted by molar-refractivity contribution is 0.414. The van der Waals surface area contributed by atoms with E-state index in [2.05, 4.69) is 68.5 Å². The van der Waals surface area contributed by atoms with E-state index >= 15 is 0 Å². The van der Waals surface area contributed by atoms with E-state index in [1.54, 1.807) is 0 Å². The number of nitrogens with zero attached hydrogens (tertiary/aromatic N) is 1. The summed E-state index contributed by atoms with van der Waals surface area (Å²) in [5, 5.41) is 1.40. The molecular formula is C23H38N2. The highest BCUT2D eigenvalue weighted by Gasteiger charge is 2.05. The number of likely N-dealkylation sites (N-methyl/N-ethyl adjacent to an activating group) is 1. The molecule has 0 bridgehead atoms. The molecule has 0 saturated carbocycles. The second kappa shape index (κ2) is 12.5. The average Bonchev–Trinajstić information content (AvgIpc) is 2.98. The number of benzene rings is 1. The molecule has 1 aromatic heterocycles. The van der Waals surface area contributed by atoms with Gasteiger partial charge < -0.3 is 9.88 Å². The van der Waals surface area contributed by atoms with Crippen LogP contribution in [0.2, 0.25) is 0 Å². The van der Waals surface area contributed by atoms with E-state index in [9.17, 15) is 0 Å². The third-order valence-electron chi connectivity index (χ3n) is 3.80. The molecule has 140 valence electrons. The zero-order chi connectivity index (χ0) is 19.4. The molecule has 1 heterocycles. The second-order valence-corrected chi connectivity index (χ2v) is 6.78. The minimum Gasteiger partial charge on any atom is -0.361 e. The fourth-order valence-electron chi connectivity index (χ4n) is 2.42. The van der Waals surface area contributed by atoms with Gasteiger partial charge in [0.15, 0.2) is 0 Å². The van der Waals surface area contributed by atoms with E-state index in [0.29, 0.717) is 0 Å². The zero-order valence-electron chi connectivity index (χ0n) is 17.5. The van der Waals surface area contributed by atoms with Crippen LogP contribution in [-0.4, -0.2) is 30.5 Å². The van der Waals surface area contributed by atoms with Crippen molar-refractivity contribution in [3.8, 4) is 0 Å². The molecular weight excluding hydrogens is 304 g/mol. The SMILES string of the molecule is C=C(C)CCC(=C)C.CC.Cc1cccc2[nH]cc(CCN(C)C)c12. The Kier molecular flexibility index (Phi) is 11.6. The molecule has 0 amide bonds. The summed E-state index contributed by atoms with van der Waals surface area (Å²) in [6.07, 6.45) is 5.43. The van der Waals surface area contributed by atoms with Crippen molar-refractivity contribution in [1.29, 1.82) is 0 Å². The molecule has 0 aliphatic heterocycles. The quantitative estimate of drug-likeness (QED) is 0.592. The van der Waals surface area contributed by atoms with Gasteiger partial charge in [0.25, 0.3) is 0 Å². The van der Waals surface area contributed by atoms with Crippen LogP contribution in [0.15, 0.2) is 48.7 Å². The number of allylic oxidation sites excluding steroid dienone is 2. The minimum absolute atomic E-state index is 1.09. The number of fused-ring (bicyclic) bond motifs is 1. The van der Waals surface area contributed by atoms with Crippen molar-refractivity contribution < 1.29 is 0 Å². The molecule has 0 aliphatic carbocycles. The van der Waals surface area contributed by atoms with Crippen LogP contribution in [0.1, 0.15) is 51.7 Å². The van der Waals surface area contributed by atoms with E-state index in [1.807, 2.05) is 27.7 Å². The molecule has 1 N–H and O–H groups in total. The van der Waals surface area contributed by atoms with Crippen LogP contribution in [-0.2, 0) is 6.42 Å². The number of aromatic nitrogens is 1. The van der Waals surface area contributed by atoms with Gasteiger partial charge in [0.1, 0.15) is 0 Å². The summed E-state index contributed by atoms with van der Waals surface area (Å²) in [6, 6.07) is 6.42. The zero-order valence-corrected chi connectivity index (χ0v) is 17.5. The molecule has 0 unspecified atom stereocenters. The van der Waals surface area contributed by atoms with Gasteiger partial charge in [0.05, 0.1) is 0 Å². The smallest absolute Gasteiger partial charge is 0.0459 e. The van der Waals surface area contributed by atoms with Crippen molar-refractivity contribution in [1.82, 2.24) is 9.88 Å². The van der Waals surface area contributed by atoms with E-state index in [1.165, 1.54) is 33.2 Å². The van der Waals surface area contributed by atoms with Crippen molar-refractivity contribution in [2.45, 2.75) is 53.9 Å². The van der Waals surface area contributed by atoms with E-state index in [4.69, 9.17) is 0 Å². The summed E-state index contributed by atoms with van der Waals surface area (Å²) >= 11 is 0. The third-order valence-corrected chi connectivity index (χ3v) is 3.80. The van der Waals surface area contributed by atoms with Gasteiger partial charge in [-0.25, -0.2) is 0 Å². The van der Waals surface area contributed by atoms with Gasteiger partial charge in [-0.3, -0.25) is 0 Å². The predicted octanol–water partition coefficient (Wildman–Crippen LogP) is 6.53. The van der Waals surface area contributed by atoms with Gasteiger partial charge >= 0.3 is 0 Å². The standard InChI is InChI=1S/C13H18N2.C8H14.C2H6/c1-10-5-4-6-12-13(10)11(9-14-12)7-8-15(2)3;1-7(2)5-6-8(3)4;1-2/h4-6,9,14H,7-8H2,1-3H3;1,3,5-6H2,2,4H3;1-2H3. The fraction of sp³-hybridized carbons (Fsp3) is 0.478. The molecule has 0 saturated heterocycles. The van der Waals surface area contributed by atoms with Gasteiger partial charge in [-0.1, -0.05) is 37.1 Å². The van der Waals surface area contributed by atoms with E-state index < -0.39 is 0 Å². The summed E-state index contributed by atoms with van der Waals surface area (Å²) in [4.78, 5) is 5.55. The summed E-state index contributed by atoms with van der Waals surface area (Å²) in [7, 11) is 4.23. The number of H-pyrrole nitrogens is 1. The number of hydrogen-bond acceptors (Lipinski definition) is 1. The molecule has 2 heteroatoms. The maximum Gasteiger partial charge on any atom is 0.0459 e. The molecule has 2 nitrogen and oxygen atoms in total. The summed E-state index contributed by atoms with van der Waals surface area (Å²) in [5.74, 6) is 0. The number of rotatable bonds is 6. The lowest BCUT2D eigenvalue weighted by Gasteiger charge is -2.08. The molecule has 25 heavy (non-hydrogen) atoms. The molecule has 0 fully saturated rings. The Morgan fingerprint density at radius 2 is 1.60 bits per heavy atom. The Morgan fingerprint density at radius 1 is 1.04 bits per heavy atom. The summed E-state index contributed by atoms with van der Waals surface area (Å²) in [6.45, 7) is 18.9. The first-order valence-electron chi connectivity index (χ1n) is 9.30. The van der Waals surface area contributed by atoms with Crippen LogP contribution in [0.3, 0.4) is 0 Å². The van der Waals surface area contributed by atoms with Crippen LogP contribution < -0.4 is 0 Å². The van der Waals surface area contributed by atoms with Crippen molar-refractivity contribution in [2.24, 2.45) is 0 Å². The van der Waals surface area contributed by atoms with Crippen LogP contribution in [0, 0.1) is 6.92 Å². The van der Waals surface area contributed by atoms with Gasteiger partial charge in [0.2, 0.25) is 0 Å². The number of aromatic amines is 1. The Morgan fingerprint density at radius 3 is 2.08 bits per heavy atom. The van der Waals surface area contributed by atoms with Gasteiger partial charge in [-0.05, 0) is 71.3 Å². The fourth-order valence-corrected chi connectivity index (χ4v) is 2.42. The van der Waals surface area contributed by atoms with Gasteiger partial charge in [-0.2, -0.15) is 0 Å². The van der Waals surface area contributed by atoms with Crippen LogP contribution in [0.5, 0.6) is 0 Å². The maximum atomic E-state index is 3.79. The first-order valence-corrected chi connectivity index (χ1v) is 9.30. The number of aryl methyl sites for hydroxylation is 1. The number of nitrogens with one attached hydrogen (secondary N) is 1. The minimum atomic E-state index is 1.09. The largest absolute Gasteiger partial charge is 0.361 e. The van der Waals surface area contributed by atoms with Crippen LogP contribution in [0.25, 0.3) is 10.9 Å². The third kappa shape index (κ3) is 9.31. The highest BCUT2D eigenvalue weighted by molar-refractivity contribution is 5.86. The average molecular weight is 343 g/mol. The maximum absolute atomic E-state index is 3.79. The number of hydrogen-bond donors (Lipinski definition) is 1. The van der Waals surface area contributed by atoms with Crippen molar-refractivity contribution in [3.63, 3.8) is 0 Å². The molecule has 1 aromatic carbocycles.